The van der Waals surface area contributed by atoms with E-state index in [9.17, 15) is 0 Å². The van der Waals surface area contributed by atoms with Gasteiger partial charge in [0.2, 0.25) is 0 Å². The van der Waals surface area contributed by atoms with E-state index < -0.39 is 0 Å². The molecule has 0 saturated carbocycles. The quantitative estimate of drug-likeness (QED) is 0.601. The minimum Gasteiger partial charge on any atom is -0.494 e. The Labute approximate surface area is 105 Å². The Bertz CT molecular complexity index is 298. The Balaban J connectivity index is 2.46. The van der Waals surface area contributed by atoms with Crippen molar-refractivity contribution >= 4 is 12.6 Å². The summed E-state index contributed by atoms with van der Waals surface area (Å²) in [6.07, 6.45) is 2.19. The average molecular weight is 238 g/mol. The molecule has 90 valence electrons. The molecule has 0 bridgehead atoms. The van der Waals surface area contributed by atoms with Crippen molar-refractivity contribution in [2.45, 2.75) is 39.0 Å². The standard InChI is InChI=1S/C14H22OS/c1-14(2,3)12-6-8-13(9-7-12)15-10-4-5-11-16/h6-9,16H,4-5,10-11H2,1-3H3. The van der Waals surface area contributed by atoms with Crippen LogP contribution in [0.5, 0.6) is 5.75 Å². The molecule has 1 nitrogen and oxygen atoms in total. The second-order valence-electron chi connectivity index (χ2n) is 5.05. The predicted molar refractivity (Wildman–Crippen MR) is 73.7 cm³/mol. The van der Waals surface area contributed by atoms with E-state index in [1.165, 1.54) is 5.56 Å². The number of unbranched alkanes of at least 4 members (excludes halogenated alkanes) is 1. The Kier molecular flexibility index (Phi) is 5.20. The van der Waals surface area contributed by atoms with Crippen LogP contribution < -0.4 is 4.74 Å². The van der Waals surface area contributed by atoms with E-state index in [2.05, 4.69) is 57.7 Å². The van der Waals surface area contributed by atoms with E-state index in [1.54, 1.807) is 0 Å². The molecule has 0 atom stereocenters. The summed E-state index contributed by atoms with van der Waals surface area (Å²) in [6.45, 7) is 7.44. The largest absolute Gasteiger partial charge is 0.494 e. The van der Waals surface area contributed by atoms with Gasteiger partial charge in [-0.05, 0) is 41.7 Å². The first-order chi connectivity index (χ1) is 7.54. The van der Waals surface area contributed by atoms with Gasteiger partial charge in [0.1, 0.15) is 5.75 Å². The topological polar surface area (TPSA) is 9.23 Å². The molecular formula is C14H22OS. The van der Waals surface area contributed by atoms with Crippen LogP contribution in [0.2, 0.25) is 0 Å². The molecule has 0 aliphatic carbocycles. The normalized spacial score (nSPS) is 11.5. The van der Waals surface area contributed by atoms with Gasteiger partial charge in [-0.2, -0.15) is 12.6 Å². The fourth-order valence-electron chi connectivity index (χ4n) is 1.46. The third-order valence-electron chi connectivity index (χ3n) is 2.54. The van der Waals surface area contributed by atoms with Crippen LogP contribution in [-0.2, 0) is 5.41 Å². The summed E-state index contributed by atoms with van der Waals surface area (Å²) < 4.78 is 5.64. The minimum absolute atomic E-state index is 0.213. The van der Waals surface area contributed by atoms with Gasteiger partial charge in [0.25, 0.3) is 0 Å². The average Bonchev–Trinajstić information content (AvgIpc) is 2.24. The SMILES string of the molecule is CC(C)(C)c1ccc(OCCCCS)cc1. The fourth-order valence-corrected chi connectivity index (χ4v) is 1.68. The molecule has 1 aromatic carbocycles. The highest BCUT2D eigenvalue weighted by Gasteiger charge is 2.12. The molecule has 0 N–H and O–H groups in total. The highest BCUT2D eigenvalue weighted by atomic mass is 32.1. The van der Waals surface area contributed by atoms with Crippen molar-refractivity contribution in [3.8, 4) is 5.75 Å². The zero-order valence-corrected chi connectivity index (χ0v) is 11.4. The monoisotopic (exact) mass is 238 g/mol. The highest BCUT2D eigenvalue weighted by molar-refractivity contribution is 7.80. The summed E-state index contributed by atoms with van der Waals surface area (Å²) in [5.74, 6) is 1.90. The van der Waals surface area contributed by atoms with E-state index in [0.717, 1.165) is 31.0 Å². The molecule has 0 fully saturated rings. The maximum absolute atomic E-state index is 5.64. The Morgan fingerprint density at radius 3 is 2.19 bits per heavy atom. The molecule has 0 aliphatic rings. The van der Waals surface area contributed by atoms with Crippen LogP contribution in [0.4, 0.5) is 0 Å². The van der Waals surface area contributed by atoms with Gasteiger partial charge in [0.15, 0.2) is 0 Å². The van der Waals surface area contributed by atoms with E-state index in [4.69, 9.17) is 4.74 Å². The van der Waals surface area contributed by atoms with Crippen LogP contribution in [-0.4, -0.2) is 12.4 Å². The lowest BCUT2D eigenvalue weighted by molar-refractivity contribution is 0.309. The second kappa shape index (κ2) is 6.19. The number of benzene rings is 1. The number of thiol groups is 1. The van der Waals surface area contributed by atoms with Gasteiger partial charge < -0.3 is 4.74 Å². The molecule has 16 heavy (non-hydrogen) atoms. The molecule has 0 heterocycles. The van der Waals surface area contributed by atoms with Crippen molar-refractivity contribution in [3.05, 3.63) is 29.8 Å². The van der Waals surface area contributed by atoms with Crippen molar-refractivity contribution in [3.63, 3.8) is 0 Å². The molecule has 0 saturated heterocycles. The smallest absolute Gasteiger partial charge is 0.119 e. The maximum Gasteiger partial charge on any atom is 0.119 e. The fraction of sp³-hybridized carbons (Fsp3) is 0.571. The van der Waals surface area contributed by atoms with Crippen LogP contribution >= 0.6 is 12.6 Å². The molecule has 0 aliphatic heterocycles. The molecule has 1 aromatic rings. The minimum atomic E-state index is 0.213. The molecule has 0 unspecified atom stereocenters. The highest BCUT2D eigenvalue weighted by Crippen LogP contribution is 2.24. The maximum atomic E-state index is 5.64. The van der Waals surface area contributed by atoms with Crippen LogP contribution in [0.1, 0.15) is 39.2 Å². The van der Waals surface area contributed by atoms with Gasteiger partial charge in [0, 0.05) is 0 Å². The van der Waals surface area contributed by atoms with Crippen LogP contribution in [0.25, 0.3) is 0 Å². The Morgan fingerprint density at radius 2 is 1.69 bits per heavy atom. The summed E-state index contributed by atoms with van der Waals surface area (Å²) in [4.78, 5) is 0. The van der Waals surface area contributed by atoms with E-state index in [-0.39, 0.29) is 5.41 Å². The predicted octanol–water partition coefficient (Wildman–Crippen LogP) is 4.07. The molecule has 0 aromatic heterocycles. The number of ether oxygens (including phenoxy) is 1. The summed E-state index contributed by atoms with van der Waals surface area (Å²) >= 11 is 4.17. The third-order valence-corrected chi connectivity index (χ3v) is 2.86. The molecular weight excluding hydrogens is 216 g/mol. The third kappa shape index (κ3) is 4.48. The Hall–Kier alpha value is -0.630. The van der Waals surface area contributed by atoms with Crippen molar-refractivity contribution in [1.82, 2.24) is 0 Å². The summed E-state index contributed by atoms with van der Waals surface area (Å²) in [6, 6.07) is 8.41. The Morgan fingerprint density at radius 1 is 1.06 bits per heavy atom. The number of hydrogen-bond acceptors (Lipinski definition) is 2. The lowest BCUT2D eigenvalue weighted by Crippen LogP contribution is -2.10. The lowest BCUT2D eigenvalue weighted by atomic mass is 9.87. The first-order valence-corrected chi connectivity index (χ1v) is 6.51. The van der Waals surface area contributed by atoms with E-state index in [1.807, 2.05) is 0 Å². The van der Waals surface area contributed by atoms with Crippen LogP contribution in [0.3, 0.4) is 0 Å². The first kappa shape index (κ1) is 13.4. The summed E-state index contributed by atoms with van der Waals surface area (Å²) in [5, 5.41) is 0. The first-order valence-electron chi connectivity index (χ1n) is 5.88. The van der Waals surface area contributed by atoms with Gasteiger partial charge in [-0.3, -0.25) is 0 Å². The van der Waals surface area contributed by atoms with Gasteiger partial charge >= 0.3 is 0 Å². The molecule has 1 rings (SSSR count). The lowest BCUT2D eigenvalue weighted by Gasteiger charge is -2.19. The van der Waals surface area contributed by atoms with E-state index >= 15 is 0 Å². The summed E-state index contributed by atoms with van der Waals surface area (Å²) in [5.41, 5.74) is 1.56. The molecule has 2 heteroatoms. The van der Waals surface area contributed by atoms with Gasteiger partial charge in [-0.25, -0.2) is 0 Å². The number of hydrogen-bond donors (Lipinski definition) is 1. The summed E-state index contributed by atoms with van der Waals surface area (Å²) in [7, 11) is 0. The number of rotatable bonds is 5. The van der Waals surface area contributed by atoms with Gasteiger partial charge in [-0.15, -0.1) is 0 Å². The van der Waals surface area contributed by atoms with Crippen molar-refractivity contribution in [2.75, 3.05) is 12.4 Å². The van der Waals surface area contributed by atoms with Crippen LogP contribution in [0.15, 0.2) is 24.3 Å². The molecule has 0 radical (unpaired) electrons. The van der Waals surface area contributed by atoms with Crippen molar-refractivity contribution in [1.29, 1.82) is 0 Å². The van der Waals surface area contributed by atoms with Gasteiger partial charge in [0.05, 0.1) is 6.61 Å². The van der Waals surface area contributed by atoms with E-state index in [0.29, 0.717) is 0 Å². The zero-order valence-electron chi connectivity index (χ0n) is 10.5. The van der Waals surface area contributed by atoms with Crippen LogP contribution in [0, 0.1) is 0 Å². The van der Waals surface area contributed by atoms with Gasteiger partial charge in [-0.1, -0.05) is 32.9 Å². The van der Waals surface area contributed by atoms with Crippen molar-refractivity contribution in [2.24, 2.45) is 0 Å². The van der Waals surface area contributed by atoms with Crippen molar-refractivity contribution < 1.29 is 4.74 Å². The zero-order chi connectivity index (χ0) is 12.0. The molecule has 0 spiro atoms. The second-order valence-corrected chi connectivity index (χ2v) is 5.50. The molecule has 0 amide bonds.